The van der Waals surface area contributed by atoms with Crippen molar-refractivity contribution in [1.82, 2.24) is 0 Å². The molecule has 2 rings (SSSR count). The Labute approximate surface area is 106 Å². The molecule has 2 N–H and O–H groups in total. The summed E-state index contributed by atoms with van der Waals surface area (Å²) in [5, 5.41) is 0. The minimum absolute atomic E-state index is 0.322. The molecule has 0 aromatic heterocycles. The molecule has 0 bridgehead atoms. The number of fused-ring (bicyclic) bond motifs is 1. The van der Waals surface area contributed by atoms with Gasteiger partial charge < -0.3 is 5.73 Å². The summed E-state index contributed by atoms with van der Waals surface area (Å²) in [6.07, 6.45) is 3.82. The van der Waals surface area contributed by atoms with E-state index in [1.165, 1.54) is 30.4 Å². The van der Waals surface area contributed by atoms with Crippen molar-refractivity contribution < 1.29 is 0 Å². The van der Waals surface area contributed by atoms with Crippen molar-refractivity contribution in [2.45, 2.75) is 59.3 Å². The van der Waals surface area contributed by atoms with Crippen molar-refractivity contribution in [1.29, 1.82) is 0 Å². The highest BCUT2D eigenvalue weighted by molar-refractivity contribution is 5.49. The van der Waals surface area contributed by atoms with Gasteiger partial charge >= 0.3 is 0 Å². The predicted octanol–water partition coefficient (Wildman–Crippen LogP) is 4.55. The lowest BCUT2D eigenvalue weighted by atomic mass is 9.65. The third-order valence-corrected chi connectivity index (χ3v) is 4.17. The van der Waals surface area contributed by atoms with Crippen LogP contribution in [0.1, 0.15) is 58.6 Å². The second-order valence-corrected chi connectivity index (χ2v) is 5.34. The molecule has 1 aromatic rings. The van der Waals surface area contributed by atoms with Crippen LogP contribution in [-0.4, -0.2) is 0 Å². The topological polar surface area (TPSA) is 26.0 Å². The van der Waals surface area contributed by atoms with Gasteiger partial charge in [-0.15, -0.1) is 0 Å². The van der Waals surface area contributed by atoms with E-state index in [2.05, 4.69) is 32.9 Å². The van der Waals surface area contributed by atoms with E-state index >= 15 is 0 Å². The van der Waals surface area contributed by atoms with Crippen molar-refractivity contribution in [2.24, 2.45) is 5.92 Å². The zero-order valence-corrected chi connectivity index (χ0v) is 12.0. The molecule has 1 aliphatic rings. The maximum Gasteiger partial charge on any atom is 0.0317 e. The molecule has 1 aromatic carbocycles. The summed E-state index contributed by atoms with van der Waals surface area (Å²) in [5.74, 6) is 0.679. The highest BCUT2D eigenvalue weighted by Crippen LogP contribution is 2.42. The van der Waals surface area contributed by atoms with Gasteiger partial charge in [0, 0.05) is 5.69 Å². The number of hydrogen-bond donors (Lipinski definition) is 1. The second-order valence-electron chi connectivity index (χ2n) is 5.34. The lowest BCUT2D eigenvalue weighted by Gasteiger charge is -2.39. The maximum absolute atomic E-state index is 5.90. The molecule has 1 atom stereocenters. The number of benzene rings is 1. The summed E-state index contributed by atoms with van der Waals surface area (Å²) in [4.78, 5) is 0. The molecule has 17 heavy (non-hydrogen) atoms. The monoisotopic (exact) mass is 233 g/mol. The van der Waals surface area contributed by atoms with Crippen LogP contribution in [0.5, 0.6) is 0 Å². The Morgan fingerprint density at radius 2 is 1.88 bits per heavy atom. The van der Waals surface area contributed by atoms with E-state index in [-0.39, 0.29) is 0 Å². The first-order valence-corrected chi connectivity index (χ1v) is 6.93. The molecule has 1 heteroatoms. The first-order valence-electron chi connectivity index (χ1n) is 6.93. The van der Waals surface area contributed by atoms with Crippen LogP contribution in [0.4, 0.5) is 5.69 Å². The van der Waals surface area contributed by atoms with Gasteiger partial charge in [-0.1, -0.05) is 40.7 Å². The van der Waals surface area contributed by atoms with E-state index in [0.29, 0.717) is 11.3 Å². The number of nitrogen functional groups attached to an aromatic ring is 1. The van der Waals surface area contributed by atoms with Crippen LogP contribution in [-0.2, 0) is 11.8 Å². The minimum Gasteiger partial charge on any atom is -0.399 e. The molecule has 0 saturated heterocycles. The highest BCUT2D eigenvalue weighted by atomic mass is 14.5. The number of hydrogen-bond acceptors (Lipinski definition) is 1. The van der Waals surface area contributed by atoms with Gasteiger partial charge in [0.2, 0.25) is 0 Å². The first kappa shape index (κ1) is 14.1. The summed E-state index contributed by atoms with van der Waals surface area (Å²) in [7, 11) is 0. The summed E-state index contributed by atoms with van der Waals surface area (Å²) in [5.41, 5.74) is 10.1. The molecule has 0 fully saturated rings. The van der Waals surface area contributed by atoms with E-state index in [0.717, 1.165) is 5.69 Å². The van der Waals surface area contributed by atoms with E-state index < -0.39 is 0 Å². The standard InChI is InChI=1S/C14H21N.C2H6/c1-10(2)14(3)8-4-5-11-6-7-12(15)9-13(11)14;1-2/h6-7,9-10H,4-5,8,15H2,1-3H3;1-2H3. The van der Waals surface area contributed by atoms with Crippen LogP contribution < -0.4 is 5.73 Å². The van der Waals surface area contributed by atoms with Crippen molar-refractivity contribution in [3.8, 4) is 0 Å². The van der Waals surface area contributed by atoms with Crippen LogP contribution in [0.3, 0.4) is 0 Å². The molecule has 0 amide bonds. The Balaban J connectivity index is 0.000000686. The first-order chi connectivity index (χ1) is 8.04. The molecule has 96 valence electrons. The van der Waals surface area contributed by atoms with Gasteiger partial charge in [-0.25, -0.2) is 0 Å². The van der Waals surface area contributed by atoms with Crippen molar-refractivity contribution in [3.05, 3.63) is 29.3 Å². The average molecular weight is 233 g/mol. The molecular weight excluding hydrogens is 206 g/mol. The molecule has 1 nitrogen and oxygen atoms in total. The SMILES string of the molecule is CC.CC(C)C1(C)CCCc2ccc(N)cc21. The quantitative estimate of drug-likeness (QED) is 0.708. The van der Waals surface area contributed by atoms with E-state index in [1.807, 2.05) is 19.9 Å². The molecule has 0 spiro atoms. The van der Waals surface area contributed by atoms with Gasteiger partial charge in [-0.2, -0.15) is 0 Å². The number of anilines is 1. The zero-order valence-electron chi connectivity index (χ0n) is 12.0. The molecule has 1 unspecified atom stereocenters. The second kappa shape index (κ2) is 5.57. The highest BCUT2D eigenvalue weighted by Gasteiger charge is 2.34. The van der Waals surface area contributed by atoms with Crippen LogP contribution in [0.15, 0.2) is 18.2 Å². The van der Waals surface area contributed by atoms with Gasteiger partial charge in [0.05, 0.1) is 0 Å². The minimum atomic E-state index is 0.322. The van der Waals surface area contributed by atoms with Crippen LogP contribution in [0.25, 0.3) is 0 Å². The van der Waals surface area contributed by atoms with E-state index in [9.17, 15) is 0 Å². The van der Waals surface area contributed by atoms with Crippen molar-refractivity contribution >= 4 is 5.69 Å². The van der Waals surface area contributed by atoms with Gasteiger partial charge in [0.1, 0.15) is 0 Å². The summed E-state index contributed by atoms with van der Waals surface area (Å²) < 4.78 is 0. The fourth-order valence-electron chi connectivity index (χ4n) is 2.72. The third kappa shape index (κ3) is 2.65. The number of nitrogens with two attached hydrogens (primary N) is 1. The molecule has 1 aliphatic carbocycles. The molecule has 0 heterocycles. The fourth-order valence-corrected chi connectivity index (χ4v) is 2.72. The smallest absolute Gasteiger partial charge is 0.0317 e. The van der Waals surface area contributed by atoms with Crippen LogP contribution in [0.2, 0.25) is 0 Å². The molecular formula is C16H27N. The average Bonchev–Trinajstić information content (AvgIpc) is 2.33. The van der Waals surface area contributed by atoms with Gasteiger partial charge in [0.25, 0.3) is 0 Å². The van der Waals surface area contributed by atoms with E-state index in [1.54, 1.807) is 0 Å². The van der Waals surface area contributed by atoms with Crippen LogP contribution >= 0.6 is 0 Å². The number of rotatable bonds is 1. The third-order valence-electron chi connectivity index (χ3n) is 4.17. The van der Waals surface area contributed by atoms with Crippen molar-refractivity contribution in [3.63, 3.8) is 0 Å². The maximum atomic E-state index is 5.90. The summed E-state index contributed by atoms with van der Waals surface area (Å²) >= 11 is 0. The largest absolute Gasteiger partial charge is 0.399 e. The van der Waals surface area contributed by atoms with Crippen LogP contribution in [0, 0.1) is 5.92 Å². The lowest BCUT2D eigenvalue weighted by molar-refractivity contribution is 0.290. The van der Waals surface area contributed by atoms with Gasteiger partial charge in [-0.3, -0.25) is 0 Å². The Hall–Kier alpha value is -0.980. The normalized spacial score (nSPS) is 22.7. The molecule has 0 radical (unpaired) electrons. The Kier molecular flexibility index (Phi) is 4.62. The molecule has 0 aliphatic heterocycles. The Morgan fingerprint density at radius 1 is 1.24 bits per heavy atom. The Bertz CT molecular complexity index is 368. The van der Waals surface area contributed by atoms with Gasteiger partial charge in [0.15, 0.2) is 0 Å². The zero-order chi connectivity index (χ0) is 13.1. The van der Waals surface area contributed by atoms with E-state index in [4.69, 9.17) is 5.73 Å². The summed E-state index contributed by atoms with van der Waals surface area (Å²) in [6, 6.07) is 6.43. The summed E-state index contributed by atoms with van der Waals surface area (Å²) in [6.45, 7) is 11.0. The lowest BCUT2D eigenvalue weighted by Crippen LogP contribution is -2.33. The Morgan fingerprint density at radius 3 is 2.47 bits per heavy atom. The molecule has 0 saturated carbocycles. The fraction of sp³-hybridized carbons (Fsp3) is 0.625. The predicted molar refractivity (Wildman–Crippen MR) is 77.3 cm³/mol. The van der Waals surface area contributed by atoms with Gasteiger partial charge in [-0.05, 0) is 53.9 Å². The van der Waals surface area contributed by atoms with Crippen molar-refractivity contribution in [2.75, 3.05) is 5.73 Å². The number of aryl methyl sites for hydroxylation is 1.